The van der Waals surface area contributed by atoms with Gasteiger partial charge >= 0.3 is 12.0 Å². The van der Waals surface area contributed by atoms with Crippen LogP contribution in [0.25, 0.3) is 0 Å². The van der Waals surface area contributed by atoms with Crippen LogP contribution in [0, 0.1) is 12.3 Å². The molecule has 1 spiro atoms. The molecule has 0 radical (unpaired) electrons. The predicted molar refractivity (Wildman–Crippen MR) is 65.5 cm³/mol. The maximum atomic E-state index is 13.8. The Morgan fingerprint density at radius 1 is 1.40 bits per heavy atom. The van der Waals surface area contributed by atoms with Crippen LogP contribution in [-0.2, 0) is 0 Å². The molecule has 1 aromatic heterocycles. The van der Waals surface area contributed by atoms with Crippen LogP contribution in [0.15, 0.2) is 4.52 Å². The van der Waals surface area contributed by atoms with Gasteiger partial charge in [-0.2, -0.15) is 4.98 Å². The lowest BCUT2D eigenvalue weighted by atomic mass is 9.63. The second-order valence-electron chi connectivity index (χ2n) is 5.82. The van der Waals surface area contributed by atoms with Gasteiger partial charge in [-0.05, 0) is 25.2 Å². The number of aromatic nitrogens is 2. The SMILES string of the molecule is Cc1noc(NC(=O)N2CC(F)(F)CC3(CCC3)C2)n1. The van der Waals surface area contributed by atoms with Crippen LogP contribution in [0.3, 0.4) is 0 Å². The standard InChI is InChI=1S/C12H16F2N4O2/c1-8-15-9(20-17-8)16-10(19)18-6-11(3-2-4-11)5-12(13,14)7-18/h2-7H2,1H3,(H,15,16,17,19). The summed E-state index contributed by atoms with van der Waals surface area (Å²) in [5.41, 5.74) is -0.413. The Hall–Kier alpha value is -1.73. The summed E-state index contributed by atoms with van der Waals surface area (Å²) < 4.78 is 32.4. The zero-order chi connectivity index (χ0) is 14.4. The number of carbonyl (C=O) groups is 1. The normalized spacial score (nSPS) is 23.4. The molecule has 0 bridgehead atoms. The number of aryl methyl sites for hydroxylation is 1. The van der Waals surface area contributed by atoms with Crippen molar-refractivity contribution in [2.45, 2.75) is 38.5 Å². The van der Waals surface area contributed by atoms with E-state index < -0.39 is 23.9 Å². The van der Waals surface area contributed by atoms with Gasteiger partial charge in [-0.1, -0.05) is 11.6 Å². The number of anilines is 1. The summed E-state index contributed by atoms with van der Waals surface area (Å²) in [6.45, 7) is 1.41. The number of rotatable bonds is 1. The quantitative estimate of drug-likeness (QED) is 0.860. The summed E-state index contributed by atoms with van der Waals surface area (Å²) in [7, 11) is 0. The number of halogens is 2. The van der Waals surface area contributed by atoms with Crippen LogP contribution in [0.1, 0.15) is 31.5 Å². The van der Waals surface area contributed by atoms with E-state index >= 15 is 0 Å². The van der Waals surface area contributed by atoms with Crippen molar-refractivity contribution < 1.29 is 18.1 Å². The molecule has 1 N–H and O–H groups in total. The van der Waals surface area contributed by atoms with E-state index in [9.17, 15) is 13.6 Å². The lowest BCUT2D eigenvalue weighted by Crippen LogP contribution is -2.57. The number of hydrogen-bond acceptors (Lipinski definition) is 4. The Balaban J connectivity index is 1.70. The van der Waals surface area contributed by atoms with Crippen molar-refractivity contribution in [3.63, 3.8) is 0 Å². The van der Waals surface area contributed by atoms with E-state index in [4.69, 9.17) is 4.52 Å². The number of hydrogen-bond donors (Lipinski definition) is 1. The first kappa shape index (κ1) is 13.3. The van der Waals surface area contributed by atoms with Crippen molar-refractivity contribution in [3.8, 4) is 0 Å². The van der Waals surface area contributed by atoms with E-state index in [0.29, 0.717) is 12.4 Å². The lowest BCUT2D eigenvalue weighted by molar-refractivity contribution is -0.125. The second kappa shape index (κ2) is 4.39. The van der Waals surface area contributed by atoms with E-state index in [2.05, 4.69) is 15.5 Å². The van der Waals surface area contributed by atoms with Gasteiger partial charge in [0.1, 0.15) is 0 Å². The zero-order valence-electron chi connectivity index (χ0n) is 11.2. The van der Waals surface area contributed by atoms with Gasteiger partial charge < -0.3 is 9.42 Å². The van der Waals surface area contributed by atoms with Gasteiger partial charge in [-0.3, -0.25) is 5.32 Å². The highest BCUT2D eigenvalue weighted by Crippen LogP contribution is 2.51. The summed E-state index contributed by atoms with van der Waals surface area (Å²) in [4.78, 5) is 17.0. The molecule has 2 amide bonds. The molecule has 1 saturated heterocycles. The topological polar surface area (TPSA) is 71.3 Å². The van der Waals surface area contributed by atoms with Crippen molar-refractivity contribution in [1.29, 1.82) is 0 Å². The maximum absolute atomic E-state index is 13.8. The lowest BCUT2D eigenvalue weighted by Gasteiger charge is -2.51. The number of amides is 2. The highest BCUT2D eigenvalue weighted by atomic mass is 19.3. The van der Waals surface area contributed by atoms with Gasteiger partial charge in [-0.25, -0.2) is 13.6 Å². The minimum absolute atomic E-state index is 0.0657. The van der Waals surface area contributed by atoms with Gasteiger partial charge in [-0.15, -0.1) is 0 Å². The molecule has 0 atom stereocenters. The number of carbonyl (C=O) groups excluding carboxylic acids is 1. The van der Waals surface area contributed by atoms with Crippen LogP contribution >= 0.6 is 0 Å². The monoisotopic (exact) mass is 286 g/mol. The van der Waals surface area contributed by atoms with Crippen LogP contribution in [0.2, 0.25) is 0 Å². The molecular weight excluding hydrogens is 270 g/mol. The number of nitrogens with one attached hydrogen (secondary N) is 1. The first-order valence-corrected chi connectivity index (χ1v) is 6.62. The molecule has 1 aliphatic carbocycles. The van der Waals surface area contributed by atoms with Gasteiger partial charge in [0.2, 0.25) is 0 Å². The van der Waals surface area contributed by atoms with Crippen LogP contribution < -0.4 is 5.32 Å². The Morgan fingerprint density at radius 3 is 2.70 bits per heavy atom. The van der Waals surface area contributed by atoms with Crippen molar-refractivity contribution in [2.75, 3.05) is 18.4 Å². The van der Waals surface area contributed by atoms with Gasteiger partial charge in [0.15, 0.2) is 5.82 Å². The number of alkyl halides is 2. The van der Waals surface area contributed by atoms with Crippen molar-refractivity contribution in [2.24, 2.45) is 5.41 Å². The van der Waals surface area contributed by atoms with Gasteiger partial charge in [0, 0.05) is 13.0 Å². The minimum atomic E-state index is -2.83. The van der Waals surface area contributed by atoms with Gasteiger partial charge in [0.25, 0.3) is 5.92 Å². The van der Waals surface area contributed by atoms with Crippen molar-refractivity contribution in [1.82, 2.24) is 15.0 Å². The highest BCUT2D eigenvalue weighted by Gasteiger charge is 2.52. The Kier molecular flexibility index (Phi) is 2.91. The molecular formula is C12H16F2N4O2. The zero-order valence-corrected chi connectivity index (χ0v) is 11.2. The fraction of sp³-hybridized carbons (Fsp3) is 0.750. The molecule has 2 fully saturated rings. The first-order valence-electron chi connectivity index (χ1n) is 6.62. The average molecular weight is 286 g/mol. The Labute approximate surface area is 114 Å². The molecule has 1 aromatic rings. The fourth-order valence-electron chi connectivity index (χ4n) is 3.07. The Morgan fingerprint density at radius 2 is 2.15 bits per heavy atom. The van der Waals surface area contributed by atoms with E-state index in [1.807, 2.05) is 0 Å². The summed E-state index contributed by atoms with van der Waals surface area (Å²) in [5, 5.41) is 5.90. The van der Waals surface area contributed by atoms with E-state index in [-0.39, 0.29) is 12.4 Å². The molecule has 3 rings (SSSR count). The third kappa shape index (κ3) is 2.46. The third-order valence-electron chi connectivity index (χ3n) is 4.02. The molecule has 8 heteroatoms. The summed E-state index contributed by atoms with van der Waals surface area (Å²) in [6, 6.07) is -0.677. The molecule has 0 aromatic carbocycles. The summed E-state index contributed by atoms with van der Waals surface area (Å²) in [6.07, 6.45) is 2.34. The first-order chi connectivity index (χ1) is 9.38. The number of likely N-dealkylation sites (tertiary alicyclic amines) is 1. The molecule has 6 nitrogen and oxygen atoms in total. The maximum Gasteiger partial charge on any atom is 0.329 e. The average Bonchev–Trinajstić information content (AvgIpc) is 2.70. The third-order valence-corrected chi connectivity index (χ3v) is 4.02. The number of nitrogens with zero attached hydrogens (tertiary/aromatic N) is 3. The molecule has 2 aliphatic rings. The minimum Gasteiger partial charge on any atom is -0.318 e. The largest absolute Gasteiger partial charge is 0.329 e. The van der Waals surface area contributed by atoms with Gasteiger partial charge in [0.05, 0.1) is 6.54 Å². The fourth-order valence-corrected chi connectivity index (χ4v) is 3.07. The van der Waals surface area contributed by atoms with Crippen molar-refractivity contribution >= 4 is 12.0 Å². The predicted octanol–water partition coefficient (Wildman–Crippen LogP) is 2.42. The molecule has 20 heavy (non-hydrogen) atoms. The molecule has 0 unspecified atom stereocenters. The van der Waals surface area contributed by atoms with E-state index in [1.54, 1.807) is 6.92 Å². The number of piperidine rings is 1. The molecule has 1 aliphatic heterocycles. The van der Waals surface area contributed by atoms with Crippen LogP contribution in [0.4, 0.5) is 19.6 Å². The summed E-state index contributed by atoms with van der Waals surface area (Å²) >= 11 is 0. The van der Waals surface area contributed by atoms with Crippen LogP contribution in [-0.4, -0.2) is 40.1 Å². The summed E-state index contributed by atoms with van der Waals surface area (Å²) in [5.74, 6) is -2.46. The van der Waals surface area contributed by atoms with Crippen LogP contribution in [0.5, 0.6) is 0 Å². The Bertz CT molecular complexity index is 527. The number of urea groups is 1. The van der Waals surface area contributed by atoms with E-state index in [0.717, 1.165) is 24.2 Å². The smallest absolute Gasteiger partial charge is 0.318 e. The van der Waals surface area contributed by atoms with E-state index in [1.165, 1.54) is 0 Å². The van der Waals surface area contributed by atoms with Crippen molar-refractivity contribution in [3.05, 3.63) is 5.82 Å². The molecule has 1 saturated carbocycles. The molecule has 2 heterocycles. The second-order valence-corrected chi connectivity index (χ2v) is 5.82. The highest BCUT2D eigenvalue weighted by molar-refractivity contribution is 5.87. The molecule has 110 valence electrons.